The van der Waals surface area contributed by atoms with Crippen molar-refractivity contribution in [1.29, 1.82) is 0 Å². The van der Waals surface area contributed by atoms with E-state index < -0.39 is 0 Å². The Morgan fingerprint density at radius 1 is 0.500 bits per heavy atom. The summed E-state index contributed by atoms with van der Waals surface area (Å²) in [5.74, 6) is 0. The third kappa shape index (κ3) is 5.98. The van der Waals surface area contributed by atoms with E-state index in [2.05, 4.69) is 186 Å². The number of hydrogen-bond donors (Lipinski definition) is 0. The molecule has 3 aromatic heterocycles. The normalized spacial score (nSPS) is 12.2. The number of hydrogen-bond acceptors (Lipinski definition) is 5. The van der Waals surface area contributed by atoms with E-state index in [-0.39, 0.29) is 0 Å². The van der Waals surface area contributed by atoms with E-state index in [4.69, 9.17) is 8.83 Å². The SMILES string of the molecule is C=C/C(=C\C=C/C)N(c1ccccc1)c1cccc(N(c2ccc3sc4ccccc4c3c2)c2cccc3oc4ccc(-c5ccc6oc7ccccc7c6c5)cc4c23)c1. The summed E-state index contributed by atoms with van der Waals surface area (Å²) in [4.78, 5) is 4.64. The van der Waals surface area contributed by atoms with Crippen molar-refractivity contribution in [2.45, 2.75) is 6.92 Å². The van der Waals surface area contributed by atoms with Crippen molar-refractivity contribution in [3.8, 4) is 11.1 Å². The van der Waals surface area contributed by atoms with Crippen LogP contribution in [0, 0.1) is 0 Å². The van der Waals surface area contributed by atoms with Crippen LogP contribution in [0.3, 0.4) is 0 Å². The molecule has 0 fully saturated rings. The number of fused-ring (bicyclic) bond motifs is 9. The second kappa shape index (κ2) is 14.7. The second-order valence-corrected chi connectivity index (χ2v) is 16.0. The quantitative estimate of drug-likeness (QED) is 0.136. The van der Waals surface area contributed by atoms with Gasteiger partial charge in [0.15, 0.2) is 0 Å². The summed E-state index contributed by atoms with van der Waals surface area (Å²) < 4.78 is 15.4. The fourth-order valence-electron chi connectivity index (χ4n) is 8.58. The van der Waals surface area contributed by atoms with Crippen molar-refractivity contribution in [2.75, 3.05) is 9.80 Å². The minimum Gasteiger partial charge on any atom is -0.456 e. The number of benzene rings is 8. The molecule has 0 saturated heterocycles. The average molecular weight is 791 g/mol. The lowest BCUT2D eigenvalue weighted by Crippen LogP contribution is -2.16. The van der Waals surface area contributed by atoms with Gasteiger partial charge in [-0.1, -0.05) is 97.6 Å². The molecule has 0 spiro atoms. The highest BCUT2D eigenvalue weighted by Gasteiger charge is 2.23. The van der Waals surface area contributed by atoms with E-state index in [1.807, 2.05) is 48.6 Å². The third-order valence-electron chi connectivity index (χ3n) is 11.3. The van der Waals surface area contributed by atoms with E-state index in [1.54, 1.807) is 0 Å². The maximum atomic E-state index is 6.67. The first-order valence-corrected chi connectivity index (χ1v) is 21.0. The Labute approximate surface area is 351 Å². The summed E-state index contributed by atoms with van der Waals surface area (Å²) >= 11 is 1.83. The largest absolute Gasteiger partial charge is 0.456 e. The molecule has 0 radical (unpaired) electrons. The topological polar surface area (TPSA) is 32.8 Å². The van der Waals surface area contributed by atoms with Crippen LogP contribution < -0.4 is 9.80 Å². The van der Waals surface area contributed by atoms with Gasteiger partial charge in [0.25, 0.3) is 0 Å². The molecule has 0 aliphatic rings. The molecule has 0 aliphatic carbocycles. The van der Waals surface area contributed by atoms with Gasteiger partial charge >= 0.3 is 0 Å². The van der Waals surface area contributed by atoms with Gasteiger partial charge in [-0.15, -0.1) is 11.3 Å². The fourth-order valence-corrected chi connectivity index (χ4v) is 9.67. The highest BCUT2D eigenvalue weighted by atomic mass is 32.1. The summed E-state index contributed by atoms with van der Waals surface area (Å²) in [6.45, 7) is 6.26. The number of anilines is 5. The Balaban J connectivity index is 1.14. The number of furan rings is 2. The molecular formula is C55H38N2O2S. The second-order valence-electron chi connectivity index (χ2n) is 14.9. The Morgan fingerprint density at radius 2 is 1.13 bits per heavy atom. The predicted molar refractivity (Wildman–Crippen MR) is 256 cm³/mol. The average Bonchev–Trinajstić information content (AvgIpc) is 3.99. The molecule has 0 saturated carbocycles. The van der Waals surface area contributed by atoms with Crippen LogP contribution in [0.1, 0.15) is 6.92 Å². The Bertz CT molecular complexity index is 3490. The molecule has 11 aromatic rings. The molecule has 11 rings (SSSR count). The first kappa shape index (κ1) is 35.6. The molecule has 4 nitrogen and oxygen atoms in total. The highest BCUT2D eigenvalue weighted by molar-refractivity contribution is 7.25. The van der Waals surface area contributed by atoms with Gasteiger partial charge in [0.2, 0.25) is 0 Å². The lowest BCUT2D eigenvalue weighted by Gasteiger charge is -2.30. The van der Waals surface area contributed by atoms with Gasteiger partial charge in [0, 0.05) is 64.8 Å². The smallest absolute Gasteiger partial charge is 0.137 e. The van der Waals surface area contributed by atoms with Crippen LogP contribution in [0.2, 0.25) is 0 Å². The molecule has 0 N–H and O–H groups in total. The Morgan fingerprint density at radius 3 is 1.97 bits per heavy atom. The summed E-state index contributed by atoms with van der Waals surface area (Å²) in [7, 11) is 0. The van der Waals surface area contributed by atoms with E-state index in [9.17, 15) is 0 Å². The first-order valence-electron chi connectivity index (χ1n) is 20.1. The van der Waals surface area contributed by atoms with E-state index in [0.29, 0.717) is 0 Å². The molecule has 286 valence electrons. The number of para-hydroxylation sites is 2. The zero-order valence-corrected chi connectivity index (χ0v) is 33.7. The Hall–Kier alpha value is -7.60. The number of thiophene rings is 1. The van der Waals surface area contributed by atoms with Crippen molar-refractivity contribution in [1.82, 2.24) is 0 Å². The van der Waals surface area contributed by atoms with Gasteiger partial charge in [-0.25, -0.2) is 0 Å². The molecule has 0 aliphatic heterocycles. The standard InChI is InChI=1S/C55H38N2O2S/c1-3-5-15-38(4-2)56(39-16-7-6-8-17-39)40-18-13-19-41(34-40)57(42-28-31-54-46(35-42)44-21-10-12-25-53(44)60-54)48-22-14-24-52-55(48)47-33-37(27-30-51(47)59-52)36-26-29-50-45(32-36)43-20-9-11-23-49(43)58-50/h3-35H,2H2,1H3/b5-3-,38-15+. The Kier molecular flexibility index (Phi) is 8.68. The molecule has 3 heterocycles. The van der Waals surface area contributed by atoms with Gasteiger partial charge < -0.3 is 18.6 Å². The van der Waals surface area contributed by atoms with Crippen LogP contribution in [0.5, 0.6) is 0 Å². The zero-order valence-electron chi connectivity index (χ0n) is 32.9. The first-order chi connectivity index (χ1) is 29.6. The summed E-state index contributed by atoms with van der Waals surface area (Å²) in [6, 6.07) is 62.4. The van der Waals surface area contributed by atoms with Gasteiger partial charge in [-0.05, 0) is 127 Å². The van der Waals surface area contributed by atoms with Crippen LogP contribution in [-0.4, -0.2) is 0 Å². The minimum absolute atomic E-state index is 0.827. The molecule has 60 heavy (non-hydrogen) atoms. The minimum atomic E-state index is 0.827. The van der Waals surface area contributed by atoms with E-state index >= 15 is 0 Å². The van der Waals surface area contributed by atoms with E-state index in [1.165, 1.54) is 20.2 Å². The van der Waals surface area contributed by atoms with Crippen molar-refractivity contribution in [3.05, 3.63) is 213 Å². The monoisotopic (exact) mass is 790 g/mol. The van der Waals surface area contributed by atoms with Crippen LogP contribution >= 0.6 is 11.3 Å². The number of rotatable bonds is 9. The van der Waals surface area contributed by atoms with Crippen LogP contribution in [0.4, 0.5) is 28.4 Å². The van der Waals surface area contributed by atoms with Gasteiger partial charge in [0.05, 0.1) is 11.1 Å². The van der Waals surface area contributed by atoms with Crippen molar-refractivity contribution < 1.29 is 8.83 Å². The lowest BCUT2D eigenvalue weighted by atomic mass is 10.00. The molecule has 0 unspecified atom stereocenters. The van der Waals surface area contributed by atoms with Crippen molar-refractivity contribution >= 4 is 104 Å². The maximum Gasteiger partial charge on any atom is 0.137 e. The lowest BCUT2D eigenvalue weighted by molar-refractivity contribution is 0.668. The van der Waals surface area contributed by atoms with Crippen molar-refractivity contribution in [2.24, 2.45) is 0 Å². The molecule has 0 amide bonds. The molecular weight excluding hydrogens is 753 g/mol. The van der Waals surface area contributed by atoms with Gasteiger partial charge in [0.1, 0.15) is 22.3 Å². The molecule has 5 heteroatoms. The van der Waals surface area contributed by atoms with Crippen LogP contribution in [0.25, 0.3) is 75.2 Å². The number of allylic oxidation sites excluding steroid dienone is 4. The van der Waals surface area contributed by atoms with Gasteiger partial charge in [-0.3, -0.25) is 0 Å². The predicted octanol–water partition coefficient (Wildman–Crippen LogP) is 16.8. The number of nitrogens with zero attached hydrogens (tertiary/aromatic N) is 2. The highest BCUT2D eigenvalue weighted by Crippen LogP contribution is 2.47. The third-order valence-corrected chi connectivity index (χ3v) is 12.5. The molecule has 8 aromatic carbocycles. The van der Waals surface area contributed by atoms with E-state index in [0.717, 1.165) is 89.1 Å². The zero-order chi connectivity index (χ0) is 40.2. The summed E-state index contributed by atoms with van der Waals surface area (Å²) in [5, 5.41) is 6.80. The fraction of sp³-hybridized carbons (Fsp3) is 0.0182. The van der Waals surface area contributed by atoms with Crippen molar-refractivity contribution in [3.63, 3.8) is 0 Å². The molecule has 0 bridgehead atoms. The molecule has 0 atom stereocenters. The maximum absolute atomic E-state index is 6.67. The van der Waals surface area contributed by atoms with Crippen LogP contribution in [0.15, 0.2) is 221 Å². The summed E-state index contributed by atoms with van der Waals surface area (Å²) in [5.41, 5.74) is 11.8. The van der Waals surface area contributed by atoms with Gasteiger partial charge in [-0.2, -0.15) is 0 Å². The summed E-state index contributed by atoms with van der Waals surface area (Å²) in [6.07, 6.45) is 8.10. The van der Waals surface area contributed by atoms with Crippen LogP contribution in [-0.2, 0) is 0 Å².